The summed E-state index contributed by atoms with van der Waals surface area (Å²) in [7, 11) is 0. The SMILES string of the molecule is Cc1cscc1C(=O)Nc1cc(Br)ccc1Cl. The number of rotatable bonds is 2. The van der Waals surface area contributed by atoms with Crippen molar-refractivity contribution in [2.75, 3.05) is 5.32 Å². The number of hydrogen-bond acceptors (Lipinski definition) is 2. The first-order chi connectivity index (χ1) is 8.08. The van der Waals surface area contributed by atoms with Crippen LogP contribution in [-0.4, -0.2) is 5.91 Å². The van der Waals surface area contributed by atoms with Gasteiger partial charge in [0.1, 0.15) is 0 Å². The molecule has 2 rings (SSSR count). The van der Waals surface area contributed by atoms with Crippen LogP contribution in [0.15, 0.2) is 33.4 Å². The van der Waals surface area contributed by atoms with Crippen molar-refractivity contribution in [2.45, 2.75) is 6.92 Å². The molecule has 0 unspecified atom stereocenters. The predicted octanol–water partition coefficient (Wildman–Crippen LogP) is 4.72. The molecule has 0 aliphatic carbocycles. The van der Waals surface area contributed by atoms with Crippen LogP contribution in [-0.2, 0) is 0 Å². The van der Waals surface area contributed by atoms with Crippen molar-refractivity contribution in [1.29, 1.82) is 0 Å². The highest BCUT2D eigenvalue weighted by molar-refractivity contribution is 9.10. The van der Waals surface area contributed by atoms with E-state index in [1.165, 1.54) is 11.3 Å². The predicted molar refractivity (Wildman–Crippen MR) is 76.2 cm³/mol. The maximum Gasteiger partial charge on any atom is 0.256 e. The van der Waals surface area contributed by atoms with E-state index in [0.717, 1.165) is 10.0 Å². The number of thiophene rings is 1. The maximum atomic E-state index is 12.0. The van der Waals surface area contributed by atoms with Crippen LogP contribution < -0.4 is 5.32 Å². The van der Waals surface area contributed by atoms with E-state index in [9.17, 15) is 4.79 Å². The van der Waals surface area contributed by atoms with Crippen molar-refractivity contribution in [2.24, 2.45) is 0 Å². The number of hydrogen-bond donors (Lipinski definition) is 1. The van der Waals surface area contributed by atoms with E-state index in [1.807, 2.05) is 23.8 Å². The molecule has 0 saturated heterocycles. The van der Waals surface area contributed by atoms with Crippen LogP contribution in [0, 0.1) is 6.92 Å². The number of anilines is 1. The van der Waals surface area contributed by atoms with Gasteiger partial charge in [0, 0.05) is 9.85 Å². The fourth-order valence-electron chi connectivity index (χ4n) is 1.38. The zero-order chi connectivity index (χ0) is 12.4. The molecule has 5 heteroatoms. The summed E-state index contributed by atoms with van der Waals surface area (Å²) in [6.45, 7) is 1.91. The molecule has 2 nitrogen and oxygen atoms in total. The lowest BCUT2D eigenvalue weighted by Crippen LogP contribution is -2.12. The first-order valence-corrected chi connectivity index (χ1v) is 6.98. The number of nitrogens with one attached hydrogen (secondary N) is 1. The molecule has 0 spiro atoms. The van der Waals surface area contributed by atoms with Gasteiger partial charge in [0.2, 0.25) is 0 Å². The lowest BCUT2D eigenvalue weighted by Gasteiger charge is -2.07. The normalized spacial score (nSPS) is 10.3. The molecule has 1 heterocycles. The van der Waals surface area contributed by atoms with Gasteiger partial charge >= 0.3 is 0 Å². The molecule has 1 aromatic heterocycles. The molecule has 0 atom stereocenters. The summed E-state index contributed by atoms with van der Waals surface area (Å²) in [5.41, 5.74) is 2.27. The summed E-state index contributed by atoms with van der Waals surface area (Å²) in [5, 5.41) is 7.09. The lowest BCUT2D eigenvalue weighted by molar-refractivity contribution is 0.102. The Morgan fingerprint density at radius 3 is 2.82 bits per heavy atom. The highest BCUT2D eigenvalue weighted by Crippen LogP contribution is 2.26. The van der Waals surface area contributed by atoms with E-state index in [1.54, 1.807) is 12.1 Å². The molecular formula is C12H9BrClNOS. The minimum absolute atomic E-state index is 0.135. The van der Waals surface area contributed by atoms with E-state index in [0.29, 0.717) is 16.3 Å². The molecule has 0 aliphatic rings. The van der Waals surface area contributed by atoms with Crippen molar-refractivity contribution in [3.8, 4) is 0 Å². The average Bonchev–Trinajstić information content (AvgIpc) is 2.70. The second kappa shape index (κ2) is 5.21. The molecular weight excluding hydrogens is 322 g/mol. The number of benzene rings is 1. The van der Waals surface area contributed by atoms with Gasteiger partial charge in [-0.2, -0.15) is 11.3 Å². The van der Waals surface area contributed by atoms with Crippen LogP contribution in [0.3, 0.4) is 0 Å². The van der Waals surface area contributed by atoms with Crippen molar-refractivity contribution >= 4 is 50.5 Å². The van der Waals surface area contributed by atoms with Gasteiger partial charge in [-0.25, -0.2) is 0 Å². The highest BCUT2D eigenvalue weighted by Gasteiger charge is 2.11. The van der Waals surface area contributed by atoms with Crippen LogP contribution in [0.2, 0.25) is 5.02 Å². The average molecular weight is 331 g/mol. The second-order valence-electron chi connectivity index (χ2n) is 3.55. The zero-order valence-corrected chi connectivity index (χ0v) is 12.1. The number of halogens is 2. The molecule has 0 fully saturated rings. The number of aryl methyl sites for hydroxylation is 1. The van der Waals surface area contributed by atoms with Crippen LogP contribution in [0.4, 0.5) is 5.69 Å². The summed E-state index contributed by atoms with van der Waals surface area (Å²) in [6.07, 6.45) is 0. The Kier molecular flexibility index (Phi) is 3.86. The fourth-order valence-corrected chi connectivity index (χ4v) is 2.73. The second-order valence-corrected chi connectivity index (χ2v) is 5.61. The minimum Gasteiger partial charge on any atom is -0.321 e. The Morgan fingerprint density at radius 2 is 2.18 bits per heavy atom. The molecule has 1 aromatic carbocycles. The number of carbonyl (C=O) groups excluding carboxylic acids is 1. The summed E-state index contributed by atoms with van der Waals surface area (Å²) >= 11 is 10.9. The van der Waals surface area contributed by atoms with Gasteiger partial charge in [0.15, 0.2) is 0 Å². The van der Waals surface area contributed by atoms with Gasteiger partial charge < -0.3 is 5.32 Å². The third-order valence-corrected chi connectivity index (χ3v) is 3.96. The van der Waals surface area contributed by atoms with Gasteiger partial charge in [0.05, 0.1) is 16.3 Å². The van der Waals surface area contributed by atoms with E-state index < -0.39 is 0 Å². The third-order valence-electron chi connectivity index (χ3n) is 2.28. The number of amides is 1. The topological polar surface area (TPSA) is 29.1 Å². The molecule has 1 N–H and O–H groups in total. The first-order valence-electron chi connectivity index (χ1n) is 4.87. The Hall–Kier alpha value is -0.840. The minimum atomic E-state index is -0.135. The summed E-state index contributed by atoms with van der Waals surface area (Å²) < 4.78 is 0.874. The van der Waals surface area contributed by atoms with Gasteiger partial charge in [-0.1, -0.05) is 27.5 Å². The Balaban J connectivity index is 2.24. The fraction of sp³-hybridized carbons (Fsp3) is 0.0833. The Bertz CT molecular complexity index is 567. The van der Waals surface area contributed by atoms with Crippen LogP contribution >= 0.6 is 38.9 Å². The molecule has 0 saturated carbocycles. The molecule has 0 aliphatic heterocycles. The van der Waals surface area contributed by atoms with Gasteiger partial charge in [-0.05, 0) is 36.1 Å². The summed E-state index contributed by atoms with van der Waals surface area (Å²) in [4.78, 5) is 12.0. The lowest BCUT2D eigenvalue weighted by atomic mass is 10.2. The Labute approximate surface area is 117 Å². The van der Waals surface area contributed by atoms with Crippen molar-refractivity contribution in [1.82, 2.24) is 0 Å². The van der Waals surface area contributed by atoms with E-state index in [4.69, 9.17) is 11.6 Å². The van der Waals surface area contributed by atoms with E-state index >= 15 is 0 Å². The molecule has 88 valence electrons. The maximum absolute atomic E-state index is 12.0. The molecule has 0 radical (unpaired) electrons. The molecule has 2 aromatic rings. The number of carbonyl (C=O) groups is 1. The van der Waals surface area contributed by atoms with Gasteiger partial charge in [0.25, 0.3) is 5.91 Å². The van der Waals surface area contributed by atoms with E-state index in [2.05, 4.69) is 21.2 Å². The summed E-state index contributed by atoms with van der Waals surface area (Å²) in [6, 6.07) is 5.34. The highest BCUT2D eigenvalue weighted by atomic mass is 79.9. The first kappa shape index (κ1) is 12.6. The van der Waals surface area contributed by atoms with Crippen LogP contribution in [0.5, 0.6) is 0 Å². The van der Waals surface area contributed by atoms with Crippen molar-refractivity contribution < 1.29 is 4.79 Å². The van der Waals surface area contributed by atoms with E-state index in [-0.39, 0.29) is 5.91 Å². The third kappa shape index (κ3) is 2.89. The Morgan fingerprint density at radius 1 is 1.41 bits per heavy atom. The molecule has 17 heavy (non-hydrogen) atoms. The van der Waals surface area contributed by atoms with Crippen LogP contribution in [0.25, 0.3) is 0 Å². The van der Waals surface area contributed by atoms with Crippen molar-refractivity contribution in [3.05, 3.63) is 49.6 Å². The van der Waals surface area contributed by atoms with Gasteiger partial charge in [-0.3, -0.25) is 4.79 Å². The quantitative estimate of drug-likeness (QED) is 0.847. The smallest absolute Gasteiger partial charge is 0.256 e. The molecule has 0 bridgehead atoms. The van der Waals surface area contributed by atoms with Crippen molar-refractivity contribution in [3.63, 3.8) is 0 Å². The zero-order valence-electron chi connectivity index (χ0n) is 8.96. The van der Waals surface area contributed by atoms with Gasteiger partial charge in [-0.15, -0.1) is 0 Å². The standard InChI is InChI=1S/C12H9BrClNOS/c1-7-5-17-6-9(7)12(16)15-11-4-8(13)2-3-10(11)14/h2-6H,1H3,(H,15,16). The monoisotopic (exact) mass is 329 g/mol. The van der Waals surface area contributed by atoms with Crippen LogP contribution in [0.1, 0.15) is 15.9 Å². The summed E-state index contributed by atoms with van der Waals surface area (Å²) in [5.74, 6) is -0.135. The largest absolute Gasteiger partial charge is 0.321 e. The molecule has 1 amide bonds.